The van der Waals surface area contributed by atoms with Crippen molar-refractivity contribution in [2.75, 3.05) is 0 Å². The van der Waals surface area contributed by atoms with Gasteiger partial charge in [0.25, 0.3) is 5.69 Å². The van der Waals surface area contributed by atoms with Gasteiger partial charge in [0, 0.05) is 11.8 Å². The van der Waals surface area contributed by atoms with Gasteiger partial charge in [-0.25, -0.2) is 9.18 Å². The molecule has 0 aliphatic heterocycles. The third-order valence-corrected chi connectivity index (χ3v) is 3.31. The van der Waals surface area contributed by atoms with Gasteiger partial charge in [-0.3, -0.25) is 10.1 Å². The molecule has 0 aliphatic rings. The molecule has 1 N–H and O–H groups in total. The molecule has 0 radical (unpaired) electrons. The molecule has 2 rings (SSSR count). The maximum absolute atomic E-state index is 13.2. The highest BCUT2D eigenvalue weighted by Gasteiger charge is 2.12. The first-order chi connectivity index (χ1) is 9.45. The molecule has 0 saturated carbocycles. The number of halogens is 1. The van der Waals surface area contributed by atoms with Gasteiger partial charge in [0.15, 0.2) is 5.09 Å². The number of furan rings is 1. The van der Waals surface area contributed by atoms with Gasteiger partial charge < -0.3 is 9.52 Å². The van der Waals surface area contributed by atoms with Crippen LogP contribution in [0.3, 0.4) is 0 Å². The number of carboxylic acid groups (broad SMARTS) is 1. The molecule has 1 aromatic carbocycles. The maximum Gasteiger partial charge on any atom is 0.371 e. The zero-order chi connectivity index (χ0) is 14.7. The van der Waals surface area contributed by atoms with Crippen molar-refractivity contribution in [3.05, 3.63) is 57.6 Å². The van der Waals surface area contributed by atoms with Crippen LogP contribution in [0.25, 0.3) is 0 Å². The Balaban J connectivity index is 2.10. The number of nitro benzene ring substituents is 1. The Morgan fingerprint density at radius 1 is 1.40 bits per heavy atom. The van der Waals surface area contributed by atoms with Crippen molar-refractivity contribution < 1.29 is 23.6 Å². The lowest BCUT2D eigenvalue weighted by Crippen LogP contribution is -1.92. The number of nitrogens with zero attached hydrogens (tertiary/aromatic N) is 1. The van der Waals surface area contributed by atoms with Crippen LogP contribution in [0.5, 0.6) is 0 Å². The summed E-state index contributed by atoms with van der Waals surface area (Å²) in [6, 6.07) is 6.06. The Hall–Kier alpha value is -2.35. The highest BCUT2D eigenvalue weighted by atomic mass is 32.2. The Morgan fingerprint density at radius 3 is 2.75 bits per heavy atom. The Kier molecular flexibility index (Phi) is 4.04. The second-order valence-electron chi connectivity index (χ2n) is 3.79. The topological polar surface area (TPSA) is 93.6 Å². The van der Waals surface area contributed by atoms with Gasteiger partial charge >= 0.3 is 5.97 Å². The molecule has 1 heterocycles. The average Bonchev–Trinajstić information content (AvgIpc) is 2.84. The van der Waals surface area contributed by atoms with E-state index in [2.05, 4.69) is 0 Å². The largest absolute Gasteiger partial charge is 0.475 e. The second kappa shape index (κ2) is 5.74. The summed E-state index contributed by atoms with van der Waals surface area (Å²) < 4.78 is 18.2. The van der Waals surface area contributed by atoms with Crippen LogP contribution in [0.1, 0.15) is 16.1 Å². The molecule has 0 spiro atoms. The van der Waals surface area contributed by atoms with E-state index in [1.54, 1.807) is 0 Å². The van der Waals surface area contributed by atoms with E-state index in [0.717, 1.165) is 17.8 Å². The van der Waals surface area contributed by atoms with Gasteiger partial charge in [-0.1, -0.05) is 11.8 Å². The van der Waals surface area contributed by atoms with Crippen molar-refractivity contribution in [2.24, 2.45) is 0 Å². The Bertz CT molecular complexity index is 670. The summed E-state index contributed by atoms with van der Waals surface area (Å²) in [5.74, 6) is -1.85. The van der Waals surface area contributed by atoms with Crippen LogP contribution in [0.15, 0.2) is 39.8 Å². The summed E-state index contributed by atoms with van der Waals surface area (Å²) in [5.41, 5.74) is 0.0845. The van der Waals surface area contributed by atoms with E-state index in [1.165, 1.54) is 24.3 Å². The quantitative estimate of drug-likeness (QED) is 0.517. The van der Waals surface area contributed by atoms with Crippen molar-refractivity contribution in [1.82, 2.24) is 0 Å². The standard InChI is InChI=1S/C12H8FNO5S/c13-8-3-7(4-9(5-8)14(17)18)6-20-11-2-1-10(19-11)12(15)16/h1-5H,6H2,(H,15,16). The van der Waals surface area contributed by atoms with E-state index in [1.807, 2.05) is 0 Å². The SMILES string of the molecule is O=C(O)c1ccc(SCc2cc(F)cc([N+](=O)[O-])c2)o1. The molecule has 0 fully saturated rings. The first-order valence-electron chi connectivity index (χ1n) is 5.35. The Morgan fingerprint density at radius 2 is 2.15 bits per heavy atom. The van der Waals surface area contributed by atoms with Gasteiger partial charge in [-0.15, -0.1) is 0 Å². The number of carbonyl (C=O) groups is 1. The molecule has 1 aromatic heterocycles. The zero-order valence-electron chi connectivity index (χ0n) is 9.91. The predicted molar refractivity (Wildman–Crippen MR) is 68.3 cm³/mol. The number of hydrogen-bond acceptors (Lipinski definition) is 5. The van der Waals surface area contributed by atoms with Crippen LogP contribution < -0.4 is 0 Å². The van der Waals surface area contributed by atoms with Crippen LogP contribution >= 0.6 is 11.8 Å². The van der Waals surface area contributed by atoms with Gasteiger partial charge in [0.2, 0.25) is 5.76 Å². The maximum atomic E-state index is 13.2. The van der Waals surface area contributed by atoms with E-state index in [-0.39, 0.29) is 17.2 Å². The molecule has 0 amide bonds. The fourth-order valence-corrected chi connectivity index (χ4v) is 2.28. The van der Waals surface area contributed by atoms with Crippen molar-refractivity contribution in [1.29, 1.82) is 0 Å². The lowest BCUT2D eigenvalue weighted by molar-refractivity contribution is -0.385. The summed E-state index contributed by atoms with van der Waals surface area (Å²) in [7, 11) is 0. The minimum atomic E-state index is -1.18. The molecule has 6 nitrogen and oxygen atoms in total. The molecule has 104 valence electrons. The summed E-state index contributed by atoms with van der Waals surface area (Å²) in [6.07, 6.45) is 0. The molecule has 0 aliphatic carbocycles. The van der Waals surface area contributed by atoms with E-state index in [4.69, 9.17) is 9.52 Å². The molecule has 0 bridgehead atoms. The number of non-ortho nitro benzene ring substituents is 1. The fraction of sp³-hybridized carbons (Fsp3) is 0.0833. The first-order valence-corrected chi connectivity index (χ1v) is 6.34. The summed E-state index contributed by atoms with van der Waals surface area (Å²) in [5, 5.41) is 19.6. The summed E-state index contributed by atoms with van der Waals surface area (Å²) in [4.78, 5) is 20.6. The number of carboxylic acids is 1. The number of rotatable bonds is 5. The molecule has 0 saturated heterocycles. The van der Waals surface area contributed by atoms with Crippen molar-refractivity contribution in [2.45, 2.75) is 10.8 Å². The van der Waals surface area contributed by atoms with Gasteiger partial charge in [-0.05, 0) is 23.8 Å². The van der Waals surface area contributed by atoms with Gasteiger partial charge in [-0.2, -0.15) is 0 Å². The number of benzene rings is 1. The molecule has 20 heavy (non-hydrogen) atoms. The minimum absolute atomic E-state index is 0.197. The van der Waals surface area contributed by atoms with Crippen LogP contribution in [0.2, 0.25) is 0 Å². The smallest absolute Gasteiger partial charge is 0.371 e. The summed E-state index contributed by atoms with van der Waals surface area (Å²) in [6.45, 7) is 0. The molecule has 8 heteroatoms. The highest BCUT2D eigenvalue weighted by Crippen LogP contribution is 2.27. The van der Waals surface area contributed by atoms with E-state index >= 15 is 0 Å². The van der Waals surface area contributed by atoms with Crippen molar-refractivity contribution in [3.63, 3.8) is 0 Å². The van der Waals surface area contributed by atoms with Crippen LogP contribution in [0, 0.1) is 15.9 Å². The predicted octanol–water partition coefficient (Wildman–Crippen LogP) is 3.32. The lowest BCUT2D eigenvalue weighted by atomic mass is 10.2. The lowest BCUT2D eigenvalue weighted by Gasteiger charge is -2.00. The number of nitro groups is 1. The summed E-state index contributed by atoms with van der Waals surface area (Å²) >= 11 is 1.12. The van der Waals surface area contributed by atoms with Crippen LogP contribution in [-0.4, -0.2) is 16.0 Å². The monoisotopic (exact) mass is 297 g/mol. The number of thioether (sulfide) groups is 1. The molecule has 0 atom stereocenters. The van der Waals surface area contributed by atoms with E-state index < -0.39 is 16.7 Å². The third-order valence-electron chi connectivity index (χ3n) is 2.33. The first kappa shape index (κ1) is 14.1. The Labute approximate surface area is 116 Å². The molecular weight excluding hydrogens is 289 g/mol. The number of hydrogen-bond donors (Lipinski definition) is 1. The van der Waals surface area contributed by atoms with Gasteiger partial charge in [0.05, 0.1) is 11.0 Å². The zero-order valence-corrected chi connectivity index (χ0v) is 10.7. The second-order valence-corrected chi connectivity index (χ2v) is 4.77. The van der Waals surface area contributed by atoms with E-state index in [0.29, 0.717) is 10.7 Å². The van der Waals surface area contributed by atoms with Crippen molar-refractivity contribution >= 4 is 23.4 Å². The molecular formula is C12H8FNO5S. The highest BCUT2D eigenvalue weighted by molar-refractivity contribution is 7.98. The third kappa shape index (κ3) is 3.35. The average molecular weight is 297 g/mol. The normalized spacial score (nSPS) is 10.4. The van der Waals surface area contributed by atoms with Crippen molar-refractivity contribution in [3.8, 4) is 0 Å². The van der Waals surface area contributed by atoms with Crippen LogP contribution in [0.4, 0.5) is 10.1 Å². The van der Waals surface area contributed by atoms with E-state index in [9.17, 15) is 19.3 Å². The van der Waals surface area contributed by atoms with Crippen LogP contribution in [-0.2, 0) is 5.75 Å². The molecule has 0 unspecified atom stereocenters. The molecule has 2 aromatic rings. The van der Waals surface area contributed by atoms with Gasteiger partial charge in [0.1, 0.15) is 5.82 Å². The minimum Gasteiger partial charge on any atom is -0.475 e. The number of aromatic carboxylic acids is 1. The fourth-order valence-electron chi connectivity index (χ4n) is 1.49.